The number of fused-ring (bicyclic) bond motifs is 3. The molecule has 1 saturated heterocycles. The molecule has 4 rings (SSSR count). The third-order valence-electron chi connectivity index (χ3n) is 4.00. The topological polar surface area (TPSA) is 62.4 Å². The summed E-state index contributed by atoms with van der Waals surface area (Å²) in [6.45, 7) is 1.04. The van der Waals surface area contributed by atoms with Crippen molar-refractivity contribution in [1.82, 2.24) is 9.97 Å². The van der Waals surface area contributed by atoms with Gasteiger partial charge in [0, 0.05) is 11.9 Å². The molecule has 1 N–H and O–H groups in total. The van der Waals surface area contributed by atoms with Crippen LogP contribution in [0.25, 0.3) is 22.1 Å². The van der Waals surface area contributed by atoms with Crippen LogP contribution in [-0.4, -0.2) is 34.3 Å². The summed E-state index contributed by atoms with van der Waals surface area (Å²) >= 11 is 0. The molecule has 5 nitrogen and oxygen atoms in total. The van der Waals surface area contributed by atoms with E-state index in [1.807, 2.05) is 24.3 Å². The number of aliphatic hydroxyl groups excluding tert-OH is 1. The maximum Gasteiger partial charge on any atom is 0.196 e. The highest BCUT2D eigenvalue weighted by Crippen LogP contribution is 2.34. The van der Waals surface area contributed by atoms with E-state index in [0.29, 0.717) is 5.58 Å². The number of para-hydroxylation sites is 1. The van der Waals surface area contributed by atoms with Crippen LogP contribution in [0.2, 0.25) is 0 Å². The van der Waals surface area contributed by atoms with Gasteiger partial charge in [-0.05, 0) is 25.0 Å². The summed E-state index contributed by atoms with van der Waals surface area (Å²) in [5.74, 6) is 0.794. The average molecular weight is 269 g/mol. The number of aliphatic hydroxyl groups is 1. The Morgan fingerprint density at radius 2 is 2.20 bits per heavy atom. The third-order valence-corrected chi connectivity index (χ3v) is 4.00. The maximum absolute atomic E-state index is 9.49. The van der Waals surface area contributed by atoms with Gasteiger partial charge < -0.3 is 14.4 Å². The van der Waals surface area contributed by atoms with E-state index in [2.05, 4.69) is 14.9 Å². The van der Waals surface area contributed by atoms with Gasteiger partial charge in [-0.15, -0.1) is 0 Å². The van der Waals surface area contributed by atoms with Crippen molar-refractivity contribution in [1.29, 1.82) is 0 Å². The molecule has 1 fully saturated rings. The molecule has 0 aliphatic carbocycles. The van der Waals surface area contributed by atoms with Crippen molar-refractivity contribution in [3.05, 3.63) is 30.6 Å². The van der Waals surface area contributed by atoms with E-state index in [1.54, 1.807) is 6.33 Å². The fraction of sp³-hybridized carbons (Fsp3) is 0.333. The summed E-state index contributed by atoms with van der Waals surface area (Å²) in [5.41, 5.74) is 2.38. The Balaban J connectivity index is 1.95. The zero-order valence-corrected chi connectivity index (χ0v) is 11.0. The van der Waals surface area contributed by atoms with Crippen LogP contribution in [0.5, 0.6) is 0 Å². The molecule has 2 aromatic heterocycles. The third kappa shape index (κ3) is 1.59. The van der Waals surface area contributed by atoms with Crippen LogP contribution in [0, 0.1) is 0 Å². The van der Waals surface area contributed by atoms with E-state index in [4.69, 9.17) is 4.42 Å². The highest BCUT2D eigenvalue weighted by molar-refractivity contribution is 6.05. The van der Waals surface area contributed by atoms with Crippen LogP contribution < -0.4 is 4.90 Å². The Kier molecular flexibility index (Phi) is 2.60. The van der Waals surface area contributed by atoms with Gasteiger partial charge >= 0.3 is 0 Å². The monoisotopic (exact) mass is 269 g/mol. The highest BCUT2D eigenvalue weighted by atomic mass is 16.3. The van der Waals surface area contributed by atoms with Gasteiger partial charge in [0.1, 0.15) is 17.4 Å². The molecule has 3 heterocycles. The van der Waals surface area contributed by atoms with Gasteiger partial charge in [-0.2, -0.15) is 0 Å². The highest BCUT2D eigenvalue weighted by Gasteiger charge is 2.28. The van der Waals surface area contributed by atoms with Gasteiger partial charge in [0.25, 0.3) is 0 Å². The lowest BCUT2D eigenvalue weighted by Gasteiger charge is -2.23. The lowest BCUT2D eigenvalue weighted by molar-refractivity contribution is 0.266. The number of nitrogens with zero attached hydrogens (tertiary/aromatic N) is 3. The number of benzene rings is 1. The molecule has 0 amide bonds. The Morgan fingerprint density at radius 1 is 1.30 bits per heavy atom. The molecule has 1 aromatic carbocycles. The molecular weight excluding hydrogens is 254 g/mol. The van der Waals surface area contributed by atoms with Gasteiger partial charge in [0.2, 0.25) is 0 Å². The second kappa shape index (κ2) is 4.45. The van der Waals surface area contributed by atoms with Crippen LogP contribution >= 0.6 is 0 Å². The largest absolute Gasteiger partial charge is 0.450 e. The molecule has 20 heavy (non-hydrogen) atoms. The minimum atomic E-state index is 0.126. The van der Waals surface area contributed by atoms with E-state index < -0.39 is 0 Å². The summed E-state index contributed by atoms with van der Waals surface area (Å²) in [6.07, 6.45) is 3.63. The number of furan rings is 1. The minimum Gasteiger partial charge on any atom is -0.450 e. The first-order valence-electron chi connectivity index (χ1n) is 6.88. The summed E-state index contributed by atoms with van der Waals surface area (Å²) in [5, 5.41) is 10.5. The first kappa shape index (κ1) is 11.7. The van der Waals surface area contributed by atoms with Crippen LogP contribution in [0.15, 0.2) is 35.0 Å². The van der Waals surface area contributed by atoms with E-state index in [9.17, 15) is 5.11 Å². The van der Waals surface area contributed by atoms with E-state index in [1.165, 1.54) is 0 Å². The summed E-state index contributed by atoms with van der Waals surface area (Å²) in [4.78, 5) is 10.9. The molecule has 1 atom stereocenters. The molecule has 0 saturated carbocycles. The van der Waals surface area contributed by atoms with Crippen molar-refractivity contribution in [2.75, 3.05) is 18.1 Å². The number of anilines is 1. The quantitative estimate of drug-likeness (QED) is 0.773. The van der Waals surface area contributed by atoms with Crippen molar-refractivity contribution < 1.29 is 9.52 Å². The van der Waals surface area contributed by atoms with Gasteiger partial charge in [-0.3, -0.25) is 0 Å². The molecule has 0 bridgehead atoms. The molecule has 1 unspecified atom stereocenters. The summed E-state index contributed by atoms with van der Waals surface area (Å²) in [7, 11) is 0. The van der Waals surface area contributed by atoms with Gasteiger partial charge in [0.05, 0.1) is 12.6 Å². The Morgan fingerprint density at radius 3 is 3.10 bits per heavy atom. The first-order valence-corrected chi connectivity index (χ1v) is 6.88. The fourth-order valence-electron chi connectivity index (χ4n) is 3.02. The van der Waals surface area contributed by atoms with Crippen molar-refractivity contribution in [3.8, 4) is 0 Å². The molecule has 5 heteroatoms. The van der Waals surface area contributed by atoms with Gasteiger partial charge in [-0.1, -0.05) is 12.1 Å². The second-order valence-electron chi connectivity index (χ2n) is 5.15. The Bertz CT molecular complexity index is 768. The number of aromatic nitrogens is 2. The summed E-state index contributed by atoms with van der Waals surface area (Å²) in [6, 6.07) is 8.00. The Labute approximate surface area is 115 Å². The van der Waals surface area contributed by atoms with Crippen LogP contribution in [0.3, 0.4) is 0 Å². The predicted octanol–water partition coefficient (Wildman–Crippen LogP) is 2.34. The molecular formula is C15H15N3O2. The van der Waals surface area contributed by atoms with Crippen molar-refractivity contribution >= 4 is 27.9 Å². The normalized spacial score (nSPS) is 19.2. The maximum atomic E-state index is 9.49. The van der Waals surface area contributed by atoms with Crippen molar-refractivity contribution in [2.24, 2.45) is 0 Å². The first-order chi connectivity index (χ1) is 9.88. The van der Waals surface area contributed by atoms with Crippen molar-refractivity contribution in [2.45, 2.75) is 18.9 Å². The fourth-order valence-corrected chi connectivity index (χ4v) is 3.02. The summed E-state index contributed by atoms with van der Waals surface area (Å²) < 4.78 is 5.94. The molecule has 0 spiro atoms. The van der Waals surface area contributed by atoms with E-state index in [-0.39, 0.29) is 12.6 Å². The number of hydrogen-bond acceptors (Lipinski definition) is 5. The van der Waals surface area contributed by atoms with Crippen molar-refractivity contribution in [3.63, 3.8) is 0 Å². The van der Waals surface area contributed by atoms with E-state index in [0.717, 1.165) is 41.7 Å². The standard InChI is InChI=1S/C15H15N3O2/c19-8-10-4-3-7-18(10)15-14-13(16-9-17-15)11-5-1-2-6-12(11)20-14/h1-2,5-6,9-10,19H,3-4,7-8H2. The lowest BCUT2D eigenvalue weighted by atomic mass is 10.2. The molecule has 102 valence electrons. The molecule has 3 aromatic rings. The van der Waals surface area contributed by atoms with Gasteiger partial charge in [-0.25, -0.2) is 9.97 Å². The van der Waals surface area contributed by atoms with Crippen LogP contribution in [-0.2, 0) is 0 Å². The average Bonchev–Trinajstić information content (AvgIpc) is 3.10. The van der Waals surface area contributed by atoms with E-state index >= 15 is 0 Å². The lowest BCUT2D eigenvalue weighted by Crippen LogP contribution is -2.32. The second-order valence-corrected chi connectivity index (χ2v) is 5.15. The molecule has 0 radical (unpaired) electrons. The number of hydrogen-bond donors (Lipinski definition) is 1. The molecule has 1 aliphatic heterocycles. The minimum absolute atomic E-state index is 0.126. The SMILES string of the molecule is OCC1CCCN1c1ncnc2c1oc1ccccc12. The zero-order chi connectivity index (χ0) is 13.5. The number of rotatable bonds is 2. The van der Waals surface area contributed by atoms with Crippen LogP contribution in [0.4, 0.5) is 5.82 Å². The predicted molar refractivity (Wildman–Crippen MR) is 76.8 cm³/mol. The zero-order valence-electron chi connectivity index (χ0n) is 11.0. The Hall–Kier alpha value is -2.14. The van der Waals surface area contributed by atoms with Crippen LogP contribution in [0.1, 0.15) is 12.8 Å². The smallest absolute Gasteiger partial charge is 0.196 e. The molecule has 1 aliphatic rings. The van der Waals surface area contributed by atoms with Gasteiger partial charge in [0.15, 0.2) is 11.4 Å².